The second-order valence-electron chi connectivity index (χ2n) is 7.00. The first-order valence-corrected chi connectivity index (χ1v) is 9.03. The molecule has 8 heteroatoms. The van der Waals surface area contributed by atoms with E-state index in [0.29, 0.717) is 5.82 Å². The number of hydrazine groups is 1. The SMILES string of the molecule is C[C@@H](O)c1nc2cnc3[nH]ccc3c2n1C1CCC(N(N)/C=C\N)CC1. The third kappa shape index (κ3) is 2.71. The predicted molar refractivity (Wildman–Crippen MR) is 101 cm³/mol. The van der Waals surface area contributed by atoms with E-state index in [1.54, 1.807) is 24.3 Å². The molecule has 0 bridgehead atoms. The lowest BCUT2D eigenvalue weighted by atomic mass is 9.90. The maximum Gasteiger partial charge on any atom is 0.139 e. The summed E-state index contributed by atoms with van der Waals surface area (Å²) in [7, 11) is 0. The quantitative estimate of drug-likeness (QED) is 0.420. The molecule has 0 aliphatic heterocycles. The fourth-order valence-electron chi connectivity index (χ4n) is 4.11. The first kappa shape index (κ1) is 16.9. The molecular weight excluding hydrogens is 330 g/mol. The zero-order valence-corrected chi connectivity index (χ0v) is 14.8. The van der Waals surface area contributed by atoms with Crippen LogP contribution in [-0.4, -0.2) is 35.7 Å². The summed E-state index contributed by atoms with van der Waals surface area (Å²) in [6.45, 7) is 1.76. The molecule has 1 atom stereocenters. The van der Waals surface area contributed by atoms with Gasteiger partial charge in [0, 0.05) is 36.1 Å². The summed E-state index contributed by atoms with van der Waals surface area (Å²) >= 11 is 0. The molecule has 3 aromatic rings. The van der Waals surface area contributed by atoms with Crippen molar-refractivity contribution in [3.63, 3.8) is 0 Å². The monoisotopic (exact) mass is 355 g/mol. The van der Waals surface area contributed by atoms with Crippen LogP contribution in [0.1, 0.15) is 50.6 Å². The van der Waals surface area contributed by atoms with Crippen LogP contribution < -0.4 is 11.6 Å². The fraction of sp³-hybridized carbons (Fsp3) is 0.444. The minimum absolute atomic E-state index is 0.275. The smallest absolute Gasteiger partial charge is 0.139 e. The van der Waals surface area contributed by atoms with Crippen molar-refractivity contribution in [3.8, 4) is 0 Å². The number of pyridine rings is 1. The first-order chi connectivity index (χ1) is 12.6. The Morgan fingerprint density at radius 1 is 1.38 bits per heavy atom. The number of aliphatic hydroxyl groups is 1. The predicted octanol–water partition coefficient (Wildman–Crippen LogP) is 2.06. The van der Waals surface area contributed by atoms with Crippen molar-refractivity contribution in [3.05, 3.63) is 36.7 Å². The Morgan fingerprint density at radius 3 is 2.85 bits per heavy atom. The van der Waals surface area contributed by atoms with Crippen LogP contribution in [-0.2, 0) is 0 Å². The molecule has 3 aromatic heterocycles. The van der Waals surface area contributed by atoms with E-state index in [1.165, 1.54) is 6.20 Å². The summed E-state index contributed by atoms with van der Waals surface area (Å²) in [5.41, 5.74) is 8.15. The molecule has 1 fully saturated rings. The number of nitrogens with one attached hydrogen (secondary N) is 1. The van der Waals surface area contributed by atoms with Crippen molar-refractivity contribution in [2.24, 2.45) is 11.6 Å². The highest BCUT2D eigenvalue weighted by molar-refractivity contribution is 6.01. The highest BCUT2D eigenvalue weighted by Crippen LogP contribution is 2.37. The van der Waals surface area contributed by atoms with Gasteiger partial charge in [-0.2, -0.15) is 0 Å². The standard InChI is InChI=1S/C18H25N7O/c1-11(26)18-23-15-10-22-17-14(6-8-21-17)16(15)25(18)13-4-2-12(3-5-13)24(20)9-7-19/h6-13,26H,2-5,19-20H2,1H3,(H,21,22)/b9-7-/t11-,12?,13?/m1/s1. The minimum Gasteiger partial charge on any atom is -0.403 e. The summed E-state index contributed by atoms with van der Waals surface area (Å²) in [4.78, 5) is 12.3. The number of aromatic nitrogens is 4. The summed E-state index contributed by atoms with van der Waals surface area (Å²) in [5, 5.41) is 13.0. The van der Waals surface area contributed by atoms with Crippen molar-refractivity contribution >= 4 is 22.1 Å². The largest absolute Gasteiger partial charge is 0.403 e. The van der Waals surface area contributed by atoms with Crippen LogP contribution in [0.5, 0.6) is 0 Å². The number of hydrogen-bond acceptors (Lipinski definition) is 6. The summed E-state index contributed by atoms with van der Waals surface area (Å²) in [5.74, 6) is 6.75. The molecule has 26 heavy (non-hydrogen) atoms. The molecule has 138 valence electrons. The molecule has 1 aliphatic rings. The van der Waals surface area contributed by atoms with Crippen LogP contribution in [0.15, 0.2) is 30.9 Å². The number of H-pyrrole nitrogens is 1. The van der Waals surface area contributed by atoms with Crippen LogP contribution >= 0.6 is 0 Å². The molecule has 0 spiro atoms. The van der Waals surface area contributed by atoms with Crippen molar-refractivity contribution in [1.29, 1.82) is 0 Å². The van der Waals surface area contributed by atoms with Crippen LogP contribution in [0.2, 0.25) is 0 Å². The van der Waals surface area contributed by atoms with Crippen LogP contribution in [0, 0.1) is 0 Å². The molecule has 4 rings (SSSR count). The van der Waals surface area contributed by atoms with Crippen LogP contribution in [0.4, 0.5) is 0 Å². The number of nitrogens with two attached hydrogens (primary N) is 2. The second-order valence-corrected chi connectivity index (χ2v) is 7.00. The molecule has 0 unspecified atom stereocenters. The van der Waals surface area contributed by atoms with Crippen molar-refractivity contribution in [2.45, 2.75) is 50.8 Å². The average molecular weight is 355 g/mol. The molecular formula is C18H25N7O. The van der Waals surface area contributed by atoms with Gasteiger partial charge in [-0.3, -0.25) is 0 Å². The third-order valence-electron chi connectivity index (χ3n) is 5.35. The van der Waals surface area contributed by atoms with Gasteiger partial charge in [-0.1, -0.05) is 0 Å². The highest BCUT2D eigenvalue weighted by Gasteiger charge is 2.29. The molecule has 0 saturated heterocycles. The molecule has 0 amide bonds. The zero-order valence-electron chi connectivity index (χ0n) is 14.8. The summed E-state index contributed by atoms with van der Waals surface area (Å²) in [6.07, 6.45) is 10.1. The van der Waals surface area contributed by atoms with Crippen molar-refractivity contribution < 1.29 is 5.11 Å². The summed E-state index contributed by atoms with van der Waals surface area (Å²) < 4.78 is 2.22. The van der Waals surface area contributed by atoms with Gasteiger partial charge in [-0.05, 0) is 38.7 Å². The molecule has 6 N–H and O–H groups in total. The van der Waals surface area contributed by atoms with Crippen LogP contribution in [0.3, 0.4) is 0 Å². The molecule has 8 nitrogen and oxygen atoms in total. The van der Waals surface area contributed by atoms with Gasteiger partial charge in [-0.25, -0.2) is 15.8 Å². The number of hydrogen-bond donors (Lipinski definition) is 4. The lowest BCUT2D eigenvalue weighted by Crippen LogP contribution is -2.39. The number of nitrogens with zero attached hydrogens (tertiary/aromatic N) is 4. The lowest BCUT2D eigenvalue weighted by molar-refractivity contribution is 0.164. The Morgan fingerprint density at radius 2 is 2.15 bits per heavy atom. The Labute approximate surface area is 151 Å². The summed E-state index contributed by atoms with van der Waals surface area (Å²) in [6, 6.07) is 2.58. The van der Waals surface area contributed by atoms with E-state index in [1.807, 2.05) is 12.3 Å². The van der Waals surface area contributed by atoms with Crippen molar-refractivity contribution in [2.75, 3.05) is 0 Å². The minimum atomic E-state index is -0.639. The molecule has 1 saturated carbocycles. The fourth-order valence-corrected chi connectivity index (χ4v) is 4.11. The van der Waals surface area contributed by atoms with E-state index >= 15 is 0 Å². The highest BCUT2D eigenvalue weighted by atomic mass is 16.3. The molecule has 1 aliphatic carbocycles. The Kier molecular flexibility index (Phi) is 4.29. The third-order valence-corrected chi connectivity index (χ3v) is 5.35. The Hall–Kier alpha value is -2.58. The van der Waals surface area contributed by atoms with Gasteiger partial charge in [-0.15, -0.1) is 0 Å². The van der Waals surface area contributed by atoms with Gasteiger partial charge in [0.1, 0.15) is 23.1 Å². The number of rotatable bonds is 4. The number of aromatic amines is 1. The van der Waals surface area contributed by atoms with Gasteiger partial charge in [0.05, 0.1) is 11.7 Å². The maximum absolute atomic E-state index is 10.3. The number of fused-ring (bicyclic) bond motifs is 3. The Balaban J connectivity index is 1.74. The lowest BCUT2D eigenvalue weighted by Gasteiger charge is -2.35. The second kappa shape index (κ2) is 6.62. The van der Waals surface area contributed by atoms with E-state index in [0.717, 1.165) is 47.8 Å². The normalized spacial score (nSPS) is 22.4. The van der Waals surface area contributed by atoms with Gasteiger partial charge < -0.3 is 25.4 Å². The van der Waals surface area contributed by atoms with E-state index in [4.69, 9.17) is 11.6 Å². The zero-order chi connectivity index (χ0) is 18.3. The van der Waals surface area contributed by atoms with E-state index in [-0.39, 0.29) is 12.1 Å². The molecule has 0 aromatic carbocycles. The van der Waals surface area contributed by atoms with Crippen molar-refractivity contribution in [1.82, 2.24) is 24.5 Å². The number of aliphatic hydroxyl groups excluding tert-OH is 1. The van der Waals surface area contributed by atoms with E-state index in [2.05, 4.69) is 19.5 Å². The average Bonchev–Trinajstić information content (AvgIpc) is 3.26. The van der Waals surface area contributed by atoms with Gasteiger partial charge in [0.15, 0.2) is 0 Å². The number of imidazole rings is 1. The van der Waals surface area contributed by atoms with E-state index < -0.39 is 6.10 Å². The van der Waals surface area contributed by atoms with Gasteiger partial charge in [0.25, 0.3) is 0 Å². The first-order valence-electron chi connectivity index (χ1n) is 9.03. The van der Waals surface area contributed by atoms with Crippen LogP contribution in [0.25, 0.3) is 22.1 Å². The van der Waals surface area contributed by atoms with Gasteiger partial charge >= 0.3 is 0 Å². The molecule has 3 heterocycles. The Bertz CT molecular complexity index is 934. The van der Waals surface area contributed by atoms with E-state index in [9.17, 15) is 5.11 Å². The topological polar surface area (TPSA) is 122 Å². The molecule has 0 radical (unpaired) electrons. The van der Waals surface area contributed by atoms with Gasteiger partial charge in [0.2, 0.25) is 0 Å². The maximum atomic E-state index is 10.3.